The lowest BCUT2D eigenvalue weighted by atomic mass is 9.81. The van der Waals surface area contributed by atoms with Crippen molar-refractivity contribution < 1.29 is 18.9 Å². The number of fused-ring (bicyclic) bond motifs is 1. The number of nitro benzene ring substituents is 1. The topological polar surface area (TPSA) is 92.6 Å². The molecule has 2 fully saturated rings. The number of amides is 2. The molecule has 2 amide bonds. The standard InChI is InChI=1S/C22H22FN3O4/c23-15-5-3-4-14(12-15)10-11-24-19-9-8-16(13-20(19)26(29)30)25-21(27)17-6-1-2-7-18(17)22(25)28/h3-5,8-9,12-13,17-18,24H,1-2,6-7,10-11H2/t17-,18+. The number of nitrogens with one attached hydrogen (secondary N) is 1. The summed E-state index contributed by atoms with van der Waals surface area (Å²) in [6.45, 7) is 0.370. The van der Waals surface area contributed by atoms with E-state index in [4.69, 9.17) is 0 Å². The Hall–Kier alpha value is -3.29. The number of hydrogen-bond acceptors (Lipinski definition) is 5. The minimum absolute atomic E-state index is 0.206. The highest BCUT2D eigenvalue weighted by Crippen LogP contribution is 2.41. The maximum Gasteiger partial charge on any atom is 0.294 e. The highest BCUT2D eigenvalue weighted by atomic mass is 19.1. The number of benzene rings is 2. The molecule has 2 aromatic rings. The van der Waals surface area contributed by atoms with E-state index in [1.54, 1.807) is 18.2 Å². The predicted octanol–water partition coefficient (Wildman–Crippen LogP) is 4.07. The summed E-state index contributed by atoms with van der Waals surface area (Å²) in [7, 11) is 0. The van der Waals surface area contributed by atoms with Crippen LogP contribution in [0.2, 0.25) is 0 Å². The van der Waals surface area contributed by atoms with Crippen LogP contribution in [-0.2, 0) is 16.0 Å². The maximum absolute atomic E-state index is 13.3. The fraction of sp³-hybridized carbons (Fsp3) is 0.364. The van der Waals surface area contributed by atoms with Crippen molar-refractivity contribution in [3.8, 4) is 0 Å². The number of hydrogen-bond donors (Lipinski definition) is 1. The second-order valence-corrected chi connectivity index (χ2v) is 7.77. The number of halogens is 1. The fourth-order valence-electron chi connectivity index (χ4n) is 4.41. The minimum atomic E-state index is -0.536. The van der Waals surface area contributed by atoms with Gasteiger partial charge in [0.05, 0.1) is 22.4 Å². The number of carbonyl (C=O) groups is 2. The summed E-state index contributed by atoms with van der Waals surface area (Å²) in [6.07, 6.45) is 3.70. The molecule has 0 aromatic heterocycles. The Morgan fingerprint density at radius 3 is 2.40 bits per heavy atom. The first kappa shape index (κ1) is 20.0. The molecule has 1 aliphatic heterocycles. The van der Waals surface area contributed by atoms with Crippen LogP contribution in [-0.4, -0.2) is 23.3 Å². The third-order valence-electron chi connectivity index (χ3n) is 5.90. The molecule has 1 saturated heterocycles. The van der Waals surface area contributed by atoms with Crippen LogP contribution in [0.15, 0.2) is 42.5 Å². The van der Waals surface area contributed by atoms with E-state index in [0.717, 1.165) is 23.3 Å². The van der Waals surface area contributed by atoms with Crippen LogP contribution < -0.4 is 10.2 Å². The van der Waals surface area contributed by atoms with E-state index in [0.29, 0.717) is 25.8 Å². The molecule has 7 nitrogen and oxygen atoms in total. The highest BCUT2D eigenvalue weighted by Gasteiger charge is 2.49. The summed E-state index contributed by atoms with van der Waals surface area (Å²) < 4.78 is 13.3. The van der Waals surface area contributed by atoms with Crippen LogP contribution in [0.5, 0.6) is 0 Å². The molecule has 0 unspecified atom stereocenters. The summed E-state index contributed by atoms with van der Waals surface area (Å²) in [4.78, 5) is 37.7. The largest absolute Gasteiger partial charge is 0.379 e. The molecule has 1 saturated carbocycles. The minimum Gasteiger partial charge on any atom is -0.379 e. The summed E-state index contributed by atoms with van der Waals surface area (Å²) in [6, 6.07) is 10.5. The molecular formula is C22H22FN3O4. The van der Waals surface area contributed by atoms with Crippen LogP contribution in [0.25, 0.3) is 0 Å². The number of anilines is 2. The van der Waals surface area contributed by atoms with Gasteiger partial charge in [-0.25, -0.2) is 9.29 Å². The normalized spacial score (nSPS) is 20.9. The van der Waals surface area contributed by atoms with Crippen LogP contribution >= 0.6 is 0 Å². The van der Waals surface area contributed by atoms with Gasteiger partial charge in [0, 0.05) is 12.6 Å². The van der Waals surface area contributed by atoms with Gasteiger partial charge >= 0.3 is 0 Å². The van der Waals surface area contributed by atoms with Gasteiger partial charge in [-0.15, -0.1) is 0 Å². The van der Waals surface area contributed by atoms with Gasteiger partial charge in [0.2, 0.25) is 11.8 Å². The number of nitrogens with zero attached hydrogens (tertiary/aromatic N) is 2. The smallest absolute Gasteiger partial charge is 0.294 e. The Balaban J connectivity index is 1.52. The molecule has 0 spiro atoms. The van der Waals surface area contributed by atoms with Gasteiger partial charge in [-0.2, -0.15) is 0 Å². The van der Waals surface area contributed by atoms with E-state index in [1.807, 2.05) is 0 Å². The molecule has 4 rings (SSSR count). The van der Waals surface area contributed by atoms with Crippen molar-refractivity contribution in [2.45, 2.75) is 32.1 Å². The Morgan fingerprint density at radius 2 is 1.77 bits per heavy atom. The van der Waals surface area contributed by atoms with Crippen molar-refractivity contribution >= 4 is 28.9 Å². The summed E-state index contributed by atoms with van der Waals surface area (Å²) >= 11 is 0. The molecule has 30 heavy (non-hydrogen) atoms. The van der Waals surface area contributed by atoms with Crippen LogP contribution in [0, 0.1) is 27.8 Å². The molecule has 2 aromatic carbocycles. The zero-order chi connectivity index (χ0) is 21.3. The van der Waals surface area contributed by atoms with E-state index >= 15 is 0 Å². The second kappa shape index (κ2) is 8.22. The van der Waals surface area contributed by atoms with Crippen molar-refractivity contribution in [2.24, 2.45) is 11.8 Å². The Morgan fingerprint density at radius 1 is 1.07 bits per heavy atom. The molecule has 1 N–H and O–H groups in total. The Labute approximate surface area is 173 Å². The van der Waals surface area contributed by atoms with E-state index in [9.17, 15) is 24.1 Å². The van der Waals surface area contributed by atoms with Crippen molar-refractivity contribution in [1.29, 1.82) is 0 Å². The van der Waals surface area contributed by atoms with Gasteiger partial charge in [0.25, 0.3) is 5.69 Å². The lowest BCUT2D eigenvalue weighted by Gasteiger charge is -2.19. The van der Waals surface area contributed by atoms with Gasteiger partial charge < -0.3 is 5.32 Å². The maximum atomic E-state index is 13.3. The van der Waals surface area contributed by atoms with E-state index in [2.05, 4.69) is 5.32 Å². The molecular weight excluding hydrogens is 389 g/mol. The van der Waals surface area contributed by atoms with Gasteiger partial charge in [0.15, 0.2) is 0 Å². The summed E-state index contributed by atoms with van der Waals surface area (Å²) in [5.74, 6) is -1.47. The number of rotatable bonds is 6. The first-order valence-electron chi connectivity index (χ1n) is 10.1. The number of nitro groups is 1. The predicted molar refractivity (Wildman–Crippen MR) is 110 cm³/mol. The number of carbonyl (C=O) groups excluding carboxylic acids is 2. The van der Waals surface area contributed by atoms with Crippen molar-refractivity contribution in [3.63, 3.8) is 0 Å². The van der Waals surface area contributed by atoms with E-state index in [-0.39, 0.29) is 46.5 Å². The fourth-order valence-corrected chi connectivity index (χ4v) is 4.41. The molecule has 8 heteroatoms. The highest BCUT2D eigenvalue weighted by molar-refractivity contribution is 6.22. The van der Waals surface area contributed by atoms with Crippen molar-refractivity contribution in [1.82, 2.24) is 0 Å². The quantitative estimate of drug-likeness (QED) is 0.439. The van der Waals surface area contributed by atoms with Gasteiger partial charge in [0.1, 0.15) is 11.5 Å². The lowest BCUT2D eigenvalue weighted by molar-refractivity contribution is -0.383. The molecule has 1 heterocycles. The van der Waals surface area contributed by atoms with E-state index in [1.165, 1.54) is 24.3 Å². The van der Waals surface area contributed by atoms with Gasteiger partial charge in [-0.1, -0.05) is 25.0 Å². The molecule has 0 bridgehead atoms. The molecule has 2 aliphatic rings. The van der Waals surface area contributed by atoms with Crippen LogP contribution in [0.1, 0.15) is 31.2 Å². The molecule has 156 valence electrons. The Kier molecular flexibility index (Phi) is 5.48. The zero-order valence-corrected chi connectivity index (χ0v) is 16.3. The van der Waals surface area contributed by atoms with Crippen LogP contribution in [0.4, 0.5) is 21.5 Å². The van der Waals surface area contributed by atoms with Crippen molar-refractivity contribution in [2.75, 3.05) is 16.8 Å². The summed E-state index contributed by atoms with van der Waals surface area (Å²) in [5, 5.41) is 14.6. The molecule has 1 aliphatic carbocycles. The van der Waals surface area contributed by atoms with Gasteiger partial charge in [-0.05, 0) is 49.1 Å². The second-order valence-electron chi connectivity index (χ2n) is 7.77. The first-order valence-corrected chi connectivity index (χ1v) is 10.1. The number of imide groups is 1. The lowest BCUT2D eigenvalue weighted by Crippen LogP contribution is -2.30. The zero-order valence-electron chi connectivity index (χ0n) is 16.3. The van der Waals surface area contributed by atoms with E-state index < -0.39 is 4.92 Å². The third kappa shape index (κ3) is 3.77. The monoisotopic (exact) mass is 411 g/mol. The van der Waals surface area contributed by atoms with Crippen LogP contribution in [0.3, 0.4) is 0 Å². The first-order chi connectivity index (χ1) is 14.5. The molecule has 2 atom stereocenters. The summed E-state index contributed by atoms with van der Waals surface area (Å²) in [5.41, 5.74) is 1.10. The van der Waals surface area contributed by atoms with Crippen molar-refractivity contribution in [3.05, 3.63) is 64.0 Å². The SMILES string of the molecule is O=C1[C@H]2CCCC[C@H]2C(=O)N1c1ccc(NCCc2cccc(F)c2)c([N+](=O)[O-])c1. The van der Waals surface area contributed by atoms with Gasteiger partial charge in [-0.3, -0.25) is 19.7 Å². The average molecular weight is 411 g/mol. The Bertz CT molecular complexity index is 986. The molecule has 0 radical (unpaired) electrons. The third-order valence-corrected chi connectivity index (χ3v) is 5.90. The average Bonchev–Trinajstić information content (AvgIpc) is 2.99.